The van der Waals surface area contributed by atoms with Gasteiger partial charge in [0.1, 0.15) is 18.1 Å². The van der Waals surface area contributed by atoms with E-state index in [0.717, 1.165) is 35.1 Å². The summed E-state index contributed by atoms with van der Waals surface area (Å²) < 4.78 is 11.6. The van der Waals surface area contributed by atoms with Crippen molar-refractivity contribution < 1.29 is 9.47 Å². The van der Waals surface area contributed by atoms with Crippen LogP contribution in [0.15, 0.2) is 47.5 Å². The van der Waals surface area contributed by atoms with Gasteiger partial charge in [-0.05, 0) is 57.3 Å². The molecule has 166 valence electrons. The number of halogens is 1. The molecule has 0 amide bonds. The molecule has 0 aliphatic carbocycles. The van der Waals surface area contributed by atoms with Gasteiger partial charge in [-0.25, -0.2) is 0 Å². The zero-order chi connectivity index (χ0) is 21.1. The van der Waals surface area contributed by atoms with Gasteiger partial charge in [0.05, 0.1) is 6.61 Å². The highest BCUT2D eigenvalue weighted by Crippen LogP contribution is 2.20. The summed E-state index contributed by atoms with van der Waals surface area (Å²) in [5.41, 5.74) is 3.43. The summed E-state index contributed by atoms with van der Waals surface area (Å²) in [4.78, 5) is 6.42. The first-order valence-corrected chi connectivity index (χ1v) is 10.0. The Bertz CT molecular complexity index is 797. The van der Waals surface area contributed by atoms with E-state index >= 15 is 0 Å². The third-order valence-corrected chi connectivity index (χ3v) is 4.36. The standard InChI is InChI=1S/C23H34N4O2.HI/c1-6-28-22-14-18(2)10-11-20(22)17-26-23(24-3)25-16-19-8-7-9-21(15-19)29-13-12-27(4)5;/h7-11,14-15H,6,12-13,16-17H2,1-5H3,(H2,24,25,26);1H. The highest BCUT2D eigenvalue weighted by Gasteiger charge is 2.06. The molecule has 6 nitrogen and oxygen atoms in total. The number of nitrogens with zero attached hydrogens (tertiary/aromatic N) is 2. The number of nitrogens with one attached hydrogen (secondary N) is 2. The van der Waals surface area contributed by atoms with Gasteiger partial charge in [-0.1, -0.05) is 24.3 Å². The number of hydrogen-bond donors (Lipinski definition) is 2. The second-order valence-electron chi connectivity index (χ2n) is 7.12. The first kappa shape index (κ1) is 26.0. The van der Waals surface area contributed by atoms with E-state index in [1.165, 1.54) is 5.56 Å². The van der Waals surface area contributed by atoms with Crippen molar-refractivity contribution >= 4 is 29.9 Å². The van der Waals surface area contributed by atoms with E-state index in [9.17, 15) is 0 Å². The summed E-state index contributed by atoms with van der Waals surface area (Å²) in [5.74, 6) is 2.54. The lowest BCUT2D eigenvalue weighted by molar-refractivity contribution is 0.261. The van der Waals surface area contributed by atoms with Crippen molar-refractivity contribution in [3.05, 3.63) is 59.2 Å². The molecule has 7 heteroatoms. The molecule has 2 N–H and O–H groups in total. The van der Waals surface area contributed by atoms with Gasteiger partial charge < -0.3 is 25.0 Å². The zero-order valence-corrected chi connectivity index (χ0v) is 21.0. The largest absolute Gasteiger partial charge is 0.494 e. The zero-order valence-electron chi connectivity index (χ0n) is 18.7. The van der Waals surface area contributed by atoms with Crippen LogP contribution in [-0.2, 0) is 13.1 Å². The molecule has 0 aliphatic heterocycles. The molecular formula is C23H35IN4O2. The molecule has 0 heterocycles. The molecule has 0 saturated carbocycles. The number of likely N-dealkylation sites (N-methyl/N-ethyl adjacent to an activating group) is 1. The number of ether oxygens (including phenoxy) is 2. The predicted molar refractivity (Wildman–Crippen MR) is 135 cm³/mol. The van der Waals surface area contributed by atoms with E-state index in [4.69, 9.17) is 9.47 Å². The summed E-state index contributed by atoms with van der Waals surface area (Å²) in [5, 5.41) is 6.71. The minimum atomic E-state index is 0. The Hall–Kier alpha value is -2.00. The lowest BCUT2D eigenvalue weighted by Crippen LogP contribution is -2.36. The average Bonchev–Trinajstić information content (AvgIpc) is 2.70. The minimum absolute atomic E-state index is 0. The molecule has 2 aromatic carbocycles. The monoisotopic (exact) mass is 526 g/mol. The van der Waals surface area contributed by atoms with Gasteiger partial charge in [0.2, 0.25) is 0 Å². The molecule has 0 bridgehead atoms. The van der Waals surface area contributed by atoms with E-state index in [0.29, 0.717) is 26.3 Å². The third kappa shape index (κ3) is 9.21. The normalized spacial score (nSPS) is 11.1. The number of rotatable bonds is 10. The molecule has 2 rings (SSSR count). The third-order valence-electron chi connectivity index (χ3n) is 4.36. The van der Waals surface area contributed by atoms with Gasteiger partial charge in [-0.2, -0.15) is 0 Å². The second kappa shape index (κ2) is 14.1. The van der Waals surface area contributed by atoms with Crippen LogP contribution in [0.2, 0.25) is 0 Å². The van der Waals surface area contributed by atoms with Crippen LogP contribution in [0.5, 0.6) is 11.5 Å². The van der Waals surface area contributed by atoms with E-state index < -0.39 is 0 Å². The SMILES string of the molecule is CCOc1cc(C)ccc1CNC(=NC)NCc1cccc(OCCN(C)C)c1.I. The average molecular weight is 526 g/mol. The summed E-state index contributed by atoms with van der Waals surface area (Å²) in [6, 6.07) is 14.4. The topological polar surface area (TPSA) is 58.1 Å². The van der Waals surface area contributed by atoms with Crippen LogP contribution in [0, 0.1) is 6.92 Å². The summed E-state index contributed by atoms with van der Waals surface area (Å²) in [6.07, 6.45) is 0. The highest BCUT2D eigenvalue weighted by molar-refractivity contribution is 14.0. The fourth-order valence-corrected chi connectivity index (χ4v) is 2.77. The van der Waals surface area contributed by atoms with Gasteiger partial charge in [0, 0.05) is 32.2 Å². The van der Waals surface area contributed by atoms with Crippen LogP contribution >= 0.6 is 24.0 Å². The fourth-order valence-electron chi connectivity index (χ4n) is 2.77. The summed E-state index contributed by atoms with van der Waals surface area (Å²) in [6.45, 7) is 7.58. The molecule has 0 radical (unpaired) electrons. The van der Waals surface area contributed by atoms with Crippen LogP contribution in [0.4, 0.5) is 0 Å². The van der Waals surface area contributed by atoms with Crippen molar-refractivity contribution in [2.75, 3.05) is 40.9 Å². The van der Waals surface area contributed by atoms with Crippen molar-refractivity contribution in [3.8, 4) is 11.5 Å². The Balaban J connectivity index is 0.00000450. The number of guanidine groups is 1. The maximum atomic E-state index is 5.81. The van der Waals surface area contributed by atoms with Gasteiger partial charge in [0.15, 0.2) is 5.96 Å². The number of aryl methyl sites for hydroxylation is 1. The van der Waals surface area contributed by atoms with Gasteiger partial charge in [-0.3, -0.25) is 4.99 Å². The first-order chi connectivity index (χ1) is 14.0. The first-order valence-electron chi connectivity index (χ1n) is 10.0. The van der Waals surface area contributed by atoms with Crippen molar-refractivity contribution in [3.63, 3.8) is 0 Å². The summed E-state index contributed by atoms with van der Waals surface area (Å²) >= 11 is 0. The minimum Gasteiger partial charge on any atom is -0.494 e. The Morgan fingerprint density at radius 3 is 2.50 bits per heavy atom. The number of benzene rings is 2. The van der Waals surface area contributed by atoms with Gasteiger partial charge in [0.25, 0.3) is 0 Å². The Kier molecular flexibility index (Phi) is 12.2. The molecule has 2 aromatic rings. The Labute approximate surface area is 198 Å². The lowest BCUT2D eigenvalue weighted by atomic mass is 10.1. The predicted octanol–water partition coefficient (Wildman–Crippen LogP) is 3.82. The fraction of sp³-hybridized carbons (Fsp3) is 0.435. The lowest BCUT2D eigenvalue weighted by Gasteiger charge is -2.15. The molecule has 0 spiro atoms. The molecule has 30 heavy (non-hydrogen) atoms. The van der Waals surface area contributed by atoms with Crippen molar-refractivity contribution in [1.29, 1.82) is 0 Å². The van der Waals surface area contributed by atoms with Crippen LogP contribution in [0.3, 0.4) is 0 Å². The summed E-state index contributed by atoms with van der Waals surface area (Å²) in [7, 11) is 5.85. The van der Waals surface area contributed by atoms with Crippen molar-refractivity contribution in [2.24, 2.45) is 4.99 Å². The maximum absolute atomic E-state index is 5.81. The van der Waals surface area contributed by atoms with Gasteiger partial charge >= 0.3 is 0 Å². The molecule has 0 fully saturated rings. The van der Waals surface area contributed by atoms with Crippen molar-refractivity contribution in [1.82, 2.24) is 15.5 Å². The molecule has 0 saturated heterocycles. The number of hydrogen-bond acceptors (Lipinski definition) is 4. The second-order valence-corrected chi connectivity index (χ2v) is 7.12. The Morgan fingerprint density at radius 2 is 1.80 bits per heavy atom. The molecule has 0 aliphatic rings. The Morgan fingerprint density at radius 1 is 1.03 bits per heavy atom. The molecule has 0 unspecified atom stereocenters. The van der Waals surface area contributed by atoms with Crippen LogP contribution in [0.1, 0.15) is 23.6 Å². The smallest absolute Gasteiger partial charge is 0.191 e. The van der Waals surface area contributed by atoms with E-state index in [2.05, 4.69) is 57.8 Å². The van der Waals surface area contributed by atoms with Crippen molar-refractivity contribution in [2.45, 2.75) is 26.9 Å². The van der Waals surface area contributed by atoms with E-state index in [1.54, 1.807) is 7.05 Å². The van der Waals surface area contributed by atoms with Crippen LogP contribution in [-0.4, -0.2) is 51.8 Å². The molecule has 0 aromatic heterocycles. The highest BCUT2D eigenvalue weighted by atomic mass is 127. The van der Waals surface area contributed by atoms with E-state index in [-0.39, 0.29) is 24.0 Å². The molecular weight excluding hydrogens is 491 g/mol. The van der Waals surface area contributed by atoms with Crippen LogP contribution in [0.25, 0.3) is 0 Å². The quantitative estimate of drug-likeness (QED) is 0.280. The maximum Gasteiger partial charge on any atom is 0.191 e. The van der Waals surface area contributed by atoms with Gasteiger partial charge in [-0.15, -0.1) is 24.0 Å². The van der Waals surface area contributed by atoms with E-state index in [1.807, 2.05) is 33.2 Å². The number of aliphatic imine (C=N–C) groups is 1. The van der Waals surface area contributed by atoms with Crippen LogP contribution < -0.4 is 20.1 Å². The molecule has 0 atom stereocenters.